The Morgan fingerprint density at radius 3 is 2.72 bits per heavy atom. The normalized spacial score (nSPS) is 17.2. The zero-order valence-electron chi connectivity index (χ0n) is 15.3. The maximum absolute atomic E-state index is 12.7. The smallest absolute Gasteiger partial charge is 0.387 e. The van der Waals surface area contributed by atoms with Gasteiger partial charge in [-0.25, -0.2) is 4.99 Å². The quantitative estimate of drug-likeness (QED) is 0.357. The van der Waals surface area contributed by atoms with Crippen molar-refractivity contribution in [3.63, 3.8) is 0 Å². The molecule has 2 aromatic carbocycles. The van der Waals surface area contributed by atoms with Crippen molar-refractivity contribution in [1.29, 1.82) is 0 Å². The highest BCUT2D eigenvalue weighted by Gasteiger charge is 2.22. The minimum atomic E-state index is -2.96. The largest absolute Gasteiger partial charge is 0.493 e. The van der Waals surface area contributed by atoms with E-state index >= 15 is 0 Å². The van der Waals surface area contributed by atoms with Crippen LogP contribution in [0.15, 0.2) is 41.4 Å². The summed E-state index contributed by atoms with van der Waals surface area (Å²) < 4.78 is 46.1. The monoisotopic (exact) mass is 519 g/mol. The first-order chi connectivity index (χ1) is 13.6. The molecule has 156 valence electrons. The Morgan fingerprint density at radius 2 is 1.93 bits per heavy atom. The second-order valence-electron chi connectivity index (χ2n) is 6.27. The van der Waals surface area contributed by atoms with E-state index in [2.05, 4.69) is 15.0 Å². The number of para-hydroxylation sites is 1. The van der Waals surface area contributed by atoms with E-state index in [-0.39, 0.29) is 55.1 Å². The van der Waals surface area contributed by atoms with Crippen molar-refractivity contribution in [1.82, 2.24) is 5.32 Å². The standard InChI is InChI=1S/C19H19F2N3O4.HI/c20-18(21)28-15-8-17-16(26-10-27-17)7-11(15)9-23-19(22)24-13-5-6-25-14-4-2-1-3-12(13)14;/h1-4,7-8,13,18H,5-6,9-10H2,(H3,22,23,24);1H. The molecule has 0 aromatic heterocycles. The van der Waals surface area contributed by atoms with Crippen molar-refractivity contribution in [2.45, 2.75) is 25.6 Å². The van der Waals surface area contributed by atoms with Gasteiger partial charge in [0.1, 0.15) is 11.5 Å². The highest BCUT2D eigenvalue weighted by Crippen LogP contribution is 2.39. The van der Waals surface area contributed by atoms with Crippen molar-refractivity contribution in [2.75, 3.05) is 13.4 Å². The summed E-state index contributed by atoms with van der Waals surface area (Å²) in [6, 6.07) is 10.6. The minimum absolute atomic E-state index is 0. The van der Waals surface area contributed by atoms with Gasteiger partial charge < -0.3 is 30.0 Å². The number of rotatable bonds is 5. The highest BCUT2D eigenvalue weighted by molar-refractivity contribution is 14.0. The molecule has 0 spiro atoms. The number of hydrogen-bond donors (Lipinski definition) is 2. The first-order valence-corrected chi connectivity index (χ1v) is 8.75. The first kappa shape index (κ1) is 21.2. The van der Waals surface area contributed by atoms with E-state index in [1.807, 2.05) is 24.3 Å². The molecule has 0 bridgehead atoms. The molecule has 2 aromatic rings. The van der Waals surface area contributed by atoms with Gasteiger partial charge in [-0.15, -0.1) is 24.0 Å². The number of halogens is 3. The van der Waals surface area contributed by atoms with Gasteiger partial charge in [0, 0.05) is 23.6 Å². The second-order valence-corrected chi connectivity index (χ2v) is 6.27. The van der Waals surface area contributed by atoms with Crippen LogP contribution in [0.1, 0.15) is 23.6 Å². The van der Waals surface area contributed by atoms with Crippen LogP contribution in [0.25, 0.3) is 0 Å². The maximum atomic E-state index is 12.7. The third-order valence-electron chi connectivity index (χ3n) is 4.47. The molecule has 0 aliphatic carbocycles. The van der Waals surface area contributed by atoms with E-state index in [9.17, 15) is 8.78 Å². The minimum Gasteiger partial charge on any atom is -0.493 e. The molecule has 3 N–H and O–H groups in total. The molecule has 0 saturated heterocycles. The summed E-state index contributed by atoms with van der Waals surface area (Å²) in [5.41, 5.74) is 7.44. The summed E-state index contributed by atoms with van der Waals surface area (Å²) in [6.45, 7) is -2.32. The van der Waals surface area contributed by atoms with E-state index in [4.69, 9.17) is 19.9 Å². The zero-order chi connectivity index (χ0) is 19.5. The second kappa shape index (κ2) is 9.33. The van der Waals surface area contributed by atoms with Gasteiger partial charge in [-0.05, 0) is 12.1 Å². The lowest BCUT2D eigenvalue weighted by atomic mass is 10.0. The molecule has 2 aliphatic rings. The molecule has 1 unspecified atom stereocenters. The Balaban J connectivity index is 0.00000240. The van der Waals surface area contributed by atoms with Gasteiger partial charge in [-0.1, -0.05) is 18.2 Å². The topological polar surface area (TPSA) is 87.3 Å². The molecule has 0 fully saturated rings. The van der Waals surface area contributed by atoms with Gasteiger partial charge in [0.25, 0.3) is 0 Å². The van der Waals surface area contributed by atoms with E-state index < -0.39 is 6.61 Å². The van der Waals surface area contributed by atoms with Crippen molar-refractivity contribution < 1.29 is 27.7 Å². The lowest BCUT2D eigenvalue weighted by Crippen LogP contribution is -2.37. The van der Waals surface area contributed by atoms with Crippen LogP contribution in [-0.4, -0.2) is 26.0 Å². The van der Waals surface area contributed by atoms with Gasteiger partial charge in [0.15, 0.2) is 17.5 Å². The summed E-state index contributed by atoms with van der Waals surface area (Å²) >= 11 is 0. The number of alkyl halides is 2. The van der Waals surface area contributed by atoms with Gasteiger partial charge in [-0.3, -0.25) is 0 Å². The molecule has 7 nitrogen and oxygen atoms in total. The Hall–Kier alpha value is -2.50. The van der Waals surface area contributed by atoms with Crippen LogP contribution in [0.4, 0.5) is 8.78 Å². The summed E-state index contributed by atoms with van der Waals surface area (Å²) in [4.78, 5) is 4.28. The Morgan fingerprint density at radius 1 is 1.17 bits per heavy atom. The third-order valence-corrected chi connectivity index (χ3v) is 4.47. The molecule has 10 heteroatoms. The fourth-order valence-corrected chi connectivity index (χ4v) is 3.18. The lowest BCUT2D eigenvalue weighted by Gasteiger charge is -2.27. The Kier molecular flexibility index (Phi) is 6.83. The van der Waals surface area contributed by atoms with Crippen LogP contribution in [0.3, 0.4) is 0 Å². The SMILES string of the molecule is I.NC(=NCc1cc2c(cc1OC(F)F)OCO2)NC1CCOc2ccccc21. The third kappa shape index (κ3) is 4.92. The number of fused-ring (bicyclic) bond motifs is 2. The van der Waals surface area contributed by atoms with E-state index in [0.29, 0.717) is 23.7 Å². The molecular formula is C19H20F2IN3O4. The average molecular weight is 519 g/mol. The number of nitrogens with one attached hydrogen (secondary N) is 1. The number of hydrogen-bond acceptors (Lipinski definition) is 5. The van der Waals surface area contributed by atoms with Crippen molar-refractivity contribution in [3.05, 3.63) is 47.5 Å². The van der Waals surface area contributed by atoms with Crippen LogP contribution in [0.5, 0.6) is 23.0 Å². The predicted molar refractivity (Wildman–Crippen MR) is 112 cm³/mol. The van der Waals surface area contributed by atoms with Crippen molar-refractivity contribution in [2.24, 2.45) is 10.7 Å². The maximum Gasteiger partial charge on any atom is 0.387 e. The number of nitrogens with two attached hydrogens (primary N) is 1. The van der Waals surface area contributed by atoms with Crippen LogP contribution in [0, 0.1) is 0 Å². The molecule has 2 aliphatic heterocycles. The lowest BCUT2D eigenvalue weighted by molar-refractivity contribution is -0.0505. The molecule has 1 atom stereocenters. The molecule has 0 amide bonds. The predicted octanol–water partition coefficient (Wildman–Crippen LogP) is 3.56. The van der Waals surface area contributed by atoms with Crippen LogP contribution in [0.2, 0.25) is 0 Å². The van der Waals surface area contributed by atoms with E-state index in [0.717, 1.165) is 17.7 Å². The average Bonchev–Trinajstić information content (AvgIpc) is 3.13. The Labute approximate surface area is 183 Å². The summed E-state index contributed by atoms with van der Waals surface area (Å²) in [7, 11) is 0. The molecule has 0 radical (unpaired) electrons. The number of benzene rings is 2. The summed E-state index contributed by atoms with van der Waals surface area (Å²) in [5.74, 6) is 1.79. The number of guanidine groups is 1. The van der Waals surface area contributed by atoms with Gasteiger partial charge in [0.2, 0.25) is 6.79 Å². The Bertz CT molecular complexity index is 898. The van der Waals surface area contributed by atoms with Gasteiger partial charge >= 0.3 is 6.61 Å². The van der Waals surface area contributed by atoms with Crippen LogP contribution in [-0.2, 0) is 6.54 Å². The fraction of sp³-hybridized carbons (Fsp3) is 0.316. The number of ether oxygens (including phenoxy) is 4. The fourth-order valence-electron chi connectivity index (χ4n) is 3.18. The summed E-state index contributed by atoms with van der Waals surface area (Å²) in [6.07, 6.45) is 0.733. The van der Waals surface area contributed by atoms with Crippen molar-refractivity contribution >= 4 is 29.9 Å². The molecule has 2 heterocycles. The summed E-state index contributed by atoms with van der Waals surface area (Å²) in [5, 5.41) is 3.16. The number of aliphatic imine (C=N–C) groups is 1. The van der Waals surface area contributed by atoms with Crippen LogP contribution >= 0.6 is 24.0 Å². The first-order valence-electron chi connectivity index (χ1n) is 8.75. The van der Waals surface area contributed by atoms with E-state index in [1.54, 1.807) is 6.07 Å². The molecule has 4 rings (SSSR count). The van der Waals surface area contributed by atoms with Gasteiger partial charge in [-0.2, -0.15) is 8.78 Å². The number of nitrogens with zero attached hydrogens (tertiary/aromatic N) is 1. The van der Waals surface area contributed by atoms with Crippen LogP contribution < -0.4 is 30.0 Å². The molecular weight excluding hydrogens is 499 g/mol. The molecule has 0 saturated carbocycles. The van der Waals surface area contributed by atoms with Crippen molar-refractivity contribution in [3.8, 4) is 23.0 Å². The van der Waals surface area contributed by atoms with E-state index in [1.165, 1.54) is 6.07 Å². The zero-order valence-corrected chi connectivity index (χ0v) is 17.6. The van der Waals surface area contributed by atoms with Gasteiger partial charge in [0.05, 0.1) is 19.2 Å². The highest BCUT2D eigenvalue weighted by atomic mass is 127. The molecule has 29 heavy (non-hydrogen) atoms.